The Kier molecular flexibility index (Phi) is 5.58. The highest BCUT2D eigenvalue weighted by Gasteiger charge is 2.15. The van der Waals surface area contributed by atoms with E-state index in [1.807, 2.05) is 34.9 Å². The molecule has 0 fully saturated rings. The predicted molar refractivity (Wildman–Crippen MR) is 105 cm³/mol. The number of amides is 1. The third-order valence-corrected chi connectivity index (χ3v) is 4.83. The number of nitrogens with zero attached hydrogens (tertiary/aromatic N) is 3. The first-order chi connectivity index (χ1) is 12.5. The second-order valence-electron chi connectivity index (χ2n) is 6.00. The molecule has 0 saturated carbocycles. The van der Waals surface area contributed by atoms with Crippen LogP contribution >= 0.6 is 11.8 Å². The predicted octanol–water partition coefficient (Wildman–Crippen LogP) is 3.07. The number of para-hydroxylation sites is 1. The Morgan fingerprint density at radius 1 is 1.15 bits per heavy atom. The molecule has 3 N–H and O–H groups in total. The molecule has 1 heterocycles. The maximum Gasteiger partial charge on any atom is 0.227 e. The Labute approximate surface area is 156 Å². The van der Waals surface area contributed by atoms with Gasteiger partial charge in [0.05, 0.1) is 12.3 Å². The molecule has 0 spiro atoms. The minimum Gasteiger partial charge on any atom is -0.378 e. The Bertz CT molecular complexity index is 908. The van der Waals surface area contributed by atoms with E-state index in [2.05, 4.69) is 47.6 Å². The number of thioether (sulfide) groups is 1. The second-order valence-corrected chi connectivity index (χ2v) is 6.94. The molecule has 3 aromatic rings. The number of carbonyl (C=O) groups excluding carboxylic acids is 1. The lowest BCUT2D eigenvalue weighted by Gasteiger charge is -2.12. The zero-order chi connectivity index (χ0) is 18.5. The lowest BCUT2D eigenvalue weighted by Crippen LogP contribution is -2.14. The van der Waals surface area contributed by atoms with Crippen LogP contribution in [0.3, 0.4) is 0 Å². The molecule has 0 aliphatic heterocycles. The summed E-state index contributed by atoms with van der Waals surface area (Å²) in [4.78, 5) is 11.1. The van der Waals surface area contributed by atoms with Crippen molar-refractivity contribution in [2.45, 2.75) is 25.5 Å². The zero-order valence-electron chi connectivity index (χ0n) is 14.8. The number of carbonyl (C=O) groups is 1. The molecule has 1 amide bonds. The van der Waals surface area contributed by atoms with Crippen molar-refractivity contribution < 1.29 is 4.79 Å². The van der Waals surface area contributed by atoms with Crippen LogP contribution in [-0.2, 0) is 11.3 Å². The Morgan fingerprint density at radius 3 is 2.62 bits per heavy atom. The summed E-state index contributed by atoms with van der Waals surface area (Å²) in [6.45, 7) is 4.67. The van der Waals surface area contributed by atoms with Crippen molar-refractivity contribution in [1.29, 1.82) is 0 Å². The molecule has 3 rings (SSSR count). The van der Waals surface area contributed by atoms with E-state index in [0.717, 1.165) is 17.2 Å². The number of benzene rings is 2. The van der Waals surface area contributed by atoms with Gasteiger partial charge in [-0.05, 0) is 37.6 Å². The second kappa shape index (κ2) is 8.05. The van der Waals surface area contributed by atoms with Gasteiger partial charge in [-0.25, -0.2) is 0 Å². The van der Waals surface area contributed by atoms with Gasteiger partial charge < -0.3 is 11.1 Å². The van der Waals surface area contributed by atoms with Crippen molar-refractivity contribution in [2.75, 3.05) is 11.1 Å². The van der Waals surface area contributed by atoms with Gasteiger partial charge in [0, 0.05) is 11.4 Å². The summed E-state index contributed by atoms with van der Waals surface area (Å²) in [6.07, 6.45) is 0. The van der Waals surface area contributed by atoms with E-state index in [0.29, 0.717) is 11.7 Å². The van der Waals surface area contributed by atoms with Crippen LogP contribution < -0.4 is 11.1 Å². The third kappa shape index (κ3) is 4.23. The fourth-order valence-corrected chi connectivity index (χ4v) is 3.38. The Hall–Kier alpha value is -2.80. The number of nitrogens with two attached hydrogens (primary N) is 1. The summed E-state index contributed by atoms with van der Waals surface area (Å²) in [5.41, 5.74) is 9.68. The topological polar surface area (TPSA) is 85.8 Å². The normalized spacial score (nSPS) is 10.7. The van der Waals surface area contributed by atoms with E-state index in [1.54, 1.807) is 0 Å². The molecule has 1 aromatic heterocycles. The van der Waals surface area contributed by atoms with Gasteiger partial charge in [-0.3, -0.25) is 9.36 Å². The quantitative estimate of drug-likeness (QED) is 0.627. The van der Waals surface area contributed by atoms with Crippen molar-refractivity contribution in [3.05, 3.63) is 65.5 Å². The minimum atomic E-state index is -0.382. The highest BCUT2D eigenvalue weighted by atomic mass is 32.2. The van der Waals surface area contributed by atoms with Crippen LogP contribution in [0.25, 0.3) is 5.69 Å². The Balaban J connectivity index is 1.87. The number of hydrogen-bond acceptors (Lipinski definition) is 5. The van der Waals surface area contributed by atoms with E-state index < -0.39 is 0 Å². The molecule has 134 valence electrons. The molecule has 0 aliphatic carbocycles. The van der Waals surface area contributed by atoms with Crippen molar-refractivity contribution in [2.24, 2.45) is 5.73 Å². The van der Waals surface area contributed by atoms with Crippen LogP contribution in [0.4, 0.5) is 5.69 Å². The molecular weight excluding hydrogens is 346 g/mol. The van der Waals surface area contributed by atoms with Gasteiger partial charge in [0.1, 0.15) is 0 Å². The van der Waals surface area contributed by atoms with Crippen molar-refractivity contribution in [1.82, 2.24) is 14.8 Å². The number of aryl methyl sites for hydroxylation is 2. The largest absolute Gasteiger partial charge is 0.378 e. The number of primary amides is 1. The lowest BCUT2D eigenvalue weighted by atomic mass is 10.1. The number of hydrogen-bond donors (Lipinski definition) is 2. The number of aromatic nitrogens is 3. The first-order valence-electron chi connectivity index (χ1n) is 8.26. The van der Waals surface area contributed by atoms with E-state index in [4.69, 9.17) is 5.73 Å². The van der Waals surface area contributed by atoms with E-state index in [9.17, 15) is 4.79 Å². The molecule has 0 bridgehead atoms. The summed E-state index contributed by atoms with van der Waals surface area (Å²) < 4.78 is 1.95. The van der Waals surface area contributed by atoms with Gasteiger partial charge in [-0.1, -0.05) is 47.7 Å². The Morgan fingerprint density at radius 2 is 1.92 bits per heavy atom. The summed E-state index contributed by atoms with van der Waals surface area (Å²) in [5, 5.41) is 12.6. The summed E-state index contributed by atoms with van der Waals surface area (Å²) >= 11 is 1.28. The van der Waals surface area contributed by atoms with Crippen molar-refractivity contribution in [3.63, 3.8) is 0 Å². The molecule has 0 aliphatic rings. The van der Waals surface area contributed by atoms with Gasteiger partial charge in [-0.2, -0.15) is 0 Å². The molecule has 0 atom stereocenters. The number of rotatable bonds is 7. The van der Waals surface area contributed by atoms with Gasteiger partial charge >= 0.3 is 0 Å². The number of anilines is 1. The maximum absolute atomic E-state index is 11.1. The molecule has 0 saturated heterocycles. The van der Waals surface area contributed by atoms with Crippen LogP contribution in [0, 0.1) is 13.8 Å². The highest BCUT2D eigenvalue weighted by molar-refractivity contribution is 7.99. The summed E-state index contributed by atoms with van der Waals surface area (Å²) in [6, 6.07) is 16.1. The lowest BCUT2D eigenvalue weighted by molar-refractivity contribution is -0.115. The van der Waals surface area contributed by atoms with Gasteiger partial charge in [0.2, 0.25) is 5.91 Å². The summed E-state index contributed by atoms with van der Waals surface area (Å²) in [5.74, 6) is 0.547. The first kappa shape index (κ1) is 18.0. The van der Waals surface area contributed by atoms with E-state index >= 15 is 0 Å². The monoisotopic (exact) mass is 367 g/mol. The molecule has 6 nitrogen and oxygen atoms in total. The minimum absolute atomic E-state index is 0.162. The van der Waals surface area contributed by atoms with Crippen molar-refractivity contribution >= 4 is 23.4 Å². The molecule has 0 unspecified atom stereocenters. The zero-order valence-corrected chi connectivity index (χ0v) is 15.6. The average Bonchev–Trinajstić information content (AvgIpc) is 3.03. The van der Waals surface area contributed by atoms with Crippen LogP contribution in [0.1, 0.15) is 17.0 Å². The fourth-order valence-electron chi connectivity index (χ4n) is 2.67. The fraction of sp³-hybridized carbons (Fsp3) is 0.211. The van der Waals surface area contributed by atoms with Crippen LogP contribution in [0.15, 0.2) is 53.7 Å². The van der Waals surface area contributed by atoms with Gasteiger partial charge in [-0.15, -0.1) is 10.2 Å². The summed E-state index contributed by atoms with van der Waals surface area (Å²) in [7, 11) is 0. The smallest absolute Gasteiger partial charge is 0.227 e. The van der Waals surface area contributed by atoms with Crippen LogP contribution in [-0.4, -0.2) is 26.4 Å². The van der Waals surface area contributed by atoms with E-state index in [-0.39, 0.29) is 11.7 Å². The van der Waals surface area contributed by atoms with Crippen molar-refractivity contribution in [3.8, 4) is 5.69 Å². The van der Waals surface area contributed by atoms with E-state index in [1.165, 1.54) is 22.9 Å². The SMILES string of the molecule is Cc1ccc(NCc2nnc(SCC(N)=O)n2-c2ccccc2)c(C)c1. The molecule has 2 aromatic carbocycles. The standard InChI is InChI=1S/C19H21N5OS/c1-13-8-9-16(14(2)10-13)21-11-18-22-23-19(26-12-17(20)25)24(18)15-6-4-3-5-7-15/h3-10,21H,11-12H2,1-2H3,(H2,20,25). The molecular formula is C19H21N5OS. The molecule has 0 radical (unpaired) electrons. The molecule has 26 heavy (non-hydrogen) atoms. The first-order valence-corrected chi connectivity index (χ1v) is 9.25. The molecule has 7 heteroatoms. The van der Waals surface area contributed by atoms with Crippen LogP contribution in [0.5, 0.6) is 0 Å². The third-order valence-electron chi connectivity index (χ3n) is 3.88. The average molecular weight is 367 g/mol. The number of nitrogens with one attached hydrogen (secondary N) is 1. The highest BCUT2D eigenvalue weighted by Crippen LogP contribution is 2.23. The van der Waals surface area contributed by atoms with Gasteiger partial charge in [0.25, 0.3) is 0 Å². The maximum atomic E-state index is 11.1. The van der Waals surface area contributed by atoms with Gasteiger partial charge in [0.15, 0.2) is 11.0 Å². The van der Waals surface area contributed by atoms with Crippen LogP contribution in [0.2, 0.25) is 0 Å².